The molecule has 0 aliphatic carbocycles. The lowest BCUT2D eigenvalue weighted by molar-refractivity contribution is -0.127. The number of benzene rings is 2. The largest absolute Gasteiger partial charge is 0.481 e. The molecular formula is C17H19NO2. The van der Waals surface area contributed by atoms with Crippen molar-refractivity contribution in [2.75, 3.05) is 0 Å². The van der Waals surface area contributed by atoms with Gasteiger partial charge in [-0.25, -0.2) is 0 Å². The number of carbonyl (C=O) groups excluding carboxylic acids is 1. The Kier molecular flexibility index (Phi) is 4.77. The van der Waals surface area contributed by atoms with Crippen LogP contribution in [0, 0.1) is 6.92 Å². The molecule has 2 aromatic rings. The summed E-state index contributed by atoms with van der Waals surface area (Å²) < 4.78 is 5.57. The van der Waals surface area contributed by atoms with Crippen molar-refractivity contribution >= 4 is 5.91 Å². The van der Waals surface area contributed by atoms with Gasteiger partial charge in [-0.1, -0.05) is 48.0 Å². The van der Waals surface area contributed by atoms with E-state index < -0.39 is 6.10 Å². The van der Waals surface area contributed by atoms with Gasteiger partial charge in [0, 0.05) is 6.54 Å². The van der Waals surface area contributed by atoms with E-state index >= 15 is 0 Å². The number of carbonyl (C=O) groups is 1. The highest BCUT2D eigenvalue weighted by atomic mass is 16.5. The fourth-order valence-corrected chi connectivity index (χ4v) is 1.80. The van der Waals surface area contributed by atoms with E-state index in [1.165, 1.54) is 5.56 Å². The van der Waals surface area contributed by atoms with E-state index in [9.17, 15) is 4.79 Å². The third-order valence-corrected chi connectivity index (χ3v) is 3.01. The first-order valence-electron chi connectivity index (χ1n) is 6.70. The van der Waals surface area contributed by atoms with Gasteiger partial charge in [0.25, 0.3) is 5.91 Å². The molecular weight excluding hydrogens is 250 g/mol. The van der Waals surface area contributed by atoms with Gasteiger partial charge in [0.05, 0.1) is 0 Å². The van der Waals surface area contributed by atoms with Crippen LogP contribution in [-0.4, -0.2) is 12.0 Å². The van der Waals surface area contributed by atoms with Crippen LogP contribution in [0.15, 0.2) is 54.6 Å². The first-order valence-corrected chi connectivity index (χ1v) is 6.70. The van der Waals surface area contributed by atoms with Crippen molar-refractivity contribution in [3.05, 3.63) is 65.7 Å². The summed E-state index contributed by atoms with van der Waals surface area (Å²) >= 11 is 0. The predicted molar refractivity (Wildman–Crippen MR) is 79.6 cm³/mol. The Hall–Kier alpha value is -2.29. The lowest BCUT2D eigenvalue weighted by atomic mass is 10.1. The number of ether oxygens (including phenoxy) is 1. The number of aryl methyl sites for hydroxylation is 1. The molecule has 0 aliphatic heterocycles. The fraction of sp³-hybridized carbons (Fsp3) is 0.235. The van der Waals surface area contributed by atoms with E-state index in [0.29, 0.717) is 12.3 Å². The Morgan fingerprint density at radius 3 is 2.40 bits per heavy atom. The minimum absolute atomic E-state index is 0.116. The van der Waals surface area contributed by atoms with Crippen molar-refractivity contribution in [1.82, 2.24) is 5.32 Å². The van der Waals surface area contributed by atoms with Gasteiger partial charge in [0.1, 0.15) is 5.75 Å². The van der Waals surface area contributed by atoms with Crippen molar-refractivity contribution in [2.45, 2.75) is 26.5 Å². The maximum atomic E-state index is 12.0. The van der Waals surface area contributed by atoms with Gasteiger partial charge < -0.3 is 10.1 Å². The van der Waals surface area contributed by atoms with Crippen LogP contribution in [0.25, 0.3) is 0 Å². The monoisotopic (exact) mass is 269 g/mol. The summed E-state index contributed by atoms with van der Waals surface area (Å²) in [6.07, 6.45) is -0.511. The molecule has 0 heterocycles. The quantitative estimate of drug-likeness (QED) is 0.906. The average Bonchev–Trinajstić information content (AvgIpc) is 2.47. The normalized spacial score (nSPS) is 11.7. The molecule has 0 unspecified atom stereocenters. The molecule has 0 saturated carbocycles. The van der Waals surface area contributed by atoms with Crippen molar-refractivity contribution in [3.63, 3.8) is 0 Å². The first kappa shape index (κ1) is 14.1. The molecule has 1 N–H and O–H groups in total. The molecule has 20 heavy (non-hydrogen) atoms. The maximum Gasteiger partial charge on any atom is 0.261 e. The Balaban J connectivity index is 1.83. The standard InChI is InChI=1S/C17H19NO2/c1-13-8-10-15(11-9-13)12-18-17(19)14(2)20-16-6-4-3-5-7-16/h3-11,14H,12H2,1-2H3,(H,18,19)/t14-/m0/s1. The Morgan fingerprint density at radius 1 is 1.10 bits per heavy atom. The molecule has 2 aromatic carbocycles. The minimum atomic E-state index is -0.511. The van der Waals surface area contributed by atoms with Crippen LogP contribution in [0.4, 0.5) is 0 Å². The summed E-state index contributed by atoms with van der Waals surface area (Å²) in [6, 6.07) is 17.4. The zero-order chi connectivity index (χ0) is 14.4. The van der Waals surface area contributed by atoms with Crippen molar-refractivity contribution in [1.29, 1.82) is 0 Å². The van der Waals surface area contributed by atoms with E-state index in [-0.39, 0.29) is 5.91 Å². The van der Waals surface area contributed by atoms with E-state index in [0.717, 1.165) is 5.56 Å². The second-order valence-electron chi connectivity index (χ2n) is 4.78. The van der Waals surface area contributed by atoms with E-state index in [1.807, 2.05) is 61.5 Å². The highest BCUT2D eigenvalue weighted by Gasteiger charge is 2.13. The molecule has 3 nitrogen and oxygen atoms in total. The number of rotatable bonds is 5. The molecule has 0 spiro atoms. The van der Waals surface area contributed by atoms with Gasteiger partial charge in [-0.05, 0) is 31.5 Å². The van der Waals surface area contributed by atoms with Gasteiger partial charge in [-0.15, -0.1) is 0 Å². The molecule has 0 aromatic heterocycles. The molecule has 3 heteroatoms. The number of hydrogen-bond acceptors (Lipinski definition) is 2. The molecule has 104 valence electrons. The first-order chi connectivity index (χ1) is 9.65. The van der Waals surface area contributed by atoms with Gasteiger partial charge in [0.2, 0.25) is 0 Å². The summed E-state index contributed by atoms with van der Waals surface area (Å²) in [5.74, 6) is 0.583. The molecule has 0 saturated heterocycles. The summed E-state index contributed by atoms with van der Waals surface area (Å²) in [7, 11) is 0. The van der Waals surface area contributed by atoms with Crippen molar-refractivity contribution in [3.8, 4) is 5.75 Å². The van der Waals surface area contributed by atoms with Crippen LogP contribution in [0.1, 0.15) is 18.1 Å². The van der Waals surface area contributed by atoms with E-state index in [4.69, 9.17) is 4.74 Å². The zero-order valence-corrected chi connectivity index (χ0v) is 11.8. The smallest absolute Gasteiger partial charge is 0.261 e. The second kappa shape index (κ2) is 6.75. The average molecular weight is 269 g/mol. The summed E-state index contributed by atoms with van der Waals surface area (Å²) in [5.41, 5.74) is 2.29. The highest BCUT2D eigenvalue weighted by molar-refractivity contribution is 5.80. The Labute approximate surface area is 119 Å². The molecule has 0 radical (unpaired) electrons. The molecule has 1 atom stereocenters. The van der Waals surface area contributed by atoms with Crippen molar-refractivity contribution < 1.29 is 9.53 Å². The lowest BCUT2D eigenvalue weighted by Crippen LogP contribution is -2.35. The van der Waals surface area contributed by atoms with Crippen LogP contribution in [-0.2, 0) is 11.3 Å². The number of para-hydroxylation sites is 1. The third-order valence-electron chi connectivity index (χ3n) is 3.01. The minimum Gasteiger partial charge on any atom is -0.481 e. The van der Waals surface area contributed by atoms with Crippen LogP contribution in [0.3, 0.4) is 0 Å². The Morgan fingerprint density at radius 2 is 1.75 bits per heavy atom. The fourth-order valence-electron chi connectivity index (χ4n) is 1.80. The van der Waals surface area contributed by atoms with Gasteiger partial charge >= 0.3 is 0 Å². The van der Waals surface area contributed by atoms with Gasteiger partial charge in [-0.2, -0.15) is 0 Å². The van der Waals surface area contributed by atoms with E-state index in [1.54, 1.807) is 6.92 Å². The summed E-state index contributed by atoms with van der Waals surface area (Å²) in [4.78, 5) is 12.0. The highest BCUT2D eigenvalue weighted by Crippen LogP contribution is 2.11. The molecule has 0 bridgehead atoms. The van der Waals surface area contributed by atoms with Crippen LogP contribution in [0.5, 0.6) is 5.75 Å². The van der Waals surface area contributed by atoms with Gasteiger partial charge in [-0.3, -0.25) is 4.79 Å². The molecule has 0 fully saturated rings. The van der Waals surface area contributed by atoms with Crippen LogP contribution < -0.4 is 10.1 Å². The number of amides is 1. The molecule has 2 rings (SSSR count). The van der Waals surface area contributed by atoms with Crippen LogP contribution >= 0.6 is 0 Å². The lowest BCUT2D eigenvalue weighted by Gasteiger charge is -2.14. The van der Waals surface area contributed by atoms with Crippen molar-refractivity contribution in [2.24, 2.45) is 0 Å². The SMILES string of the molecule is Cc1ccc(CNC(=O)[C@H](C)Oc2ccccc2)cc1. The third kappa shape index (κ3) is 4.12. The second-order valence-corrected chi connectivity index (χ2v) is 4.78. The number of nitrogens with one attached hydrogen (secondary N) is 1. The maximum absolute atomic E-state index is 12.0. The Bertz CT molecular complexity index is 549. The molecule has 1 amide bonds. The number of hydrogen-bond donors (Lipinski definition) is 1. The predicted octanol–water partition coefficient (Wildman–Crippen LogP) is 3.08. The van der Waals surface area contributed by atoms with Gasteiger partial charge in [0.15, 0.2) is 6.10 Å². The summed E-state index contributed by atoms with van der Waals surface area (Å²) in [6.45, 7) is 4.30. The van der Waals surface area contributed by atoms with Crippen LogP contribution in [0.2, 0.25) is 0 Å². The van der Waals surface area contributed by atoms with E-state index in [2.05, 4.69) is 5.32 Å². The zero-order valence-electron chi connectivity index (χ0n) is 11.8. The summed E-state index contributed by atoms with van der Waals surface area (Å²) in [5, 5.41) is 2.87. The topological polar surface area (TPSA) is 38.3 Å². The molecule has 0 aliphatic rings.